The highest BCUT2D eigenvalue weighted by Gasteiger charge is 1.91. The molecule has 0 aliphatic carbocycles. The van der Waals surface area contributed by atoms with E-state index in [1.54, 1.807) is 0 Å². The van der Waals surface area contributed by atoms with Gasteiger partial charge in [0.15, 0.2) is 0 Å². The molecule has 0 saturated heterocycles. The van der Waals surface area contributed by atoms with E-state index in [-0.39, 0.29) is 0 Å². The minimum absolute atomic E-state index is 0.845. The summed E-state index contributed by atoms with van der Waals surface area (Å²) in [5.41, 5.74) is 1.12. The van der Waals surface area contributed by atoms with Gasteiger partial charge in [-0.1, -0.05) is 18.2 Å². The van der Waals surface area contributed by atoms with Gasteiger partial charge in [-0.25, -0.2) is 0 Å². The van der Waals surface area contributed by atoms with E-state index in [1.807, 2.05) is 31.2 Å². The number of aryl methyl sites for hydroxylation is 1. The van der Waals surface area contributed by atoms with Crippen molar-refractivity contribution in [3.63, 3.8) is 0 Å². The molecule has 9 heavy (non-hydrogen) atoms. The summed E-state index contributed by atoms with van der Waals surface area (Å²) in [4.78, 5) is 0. The summed E-state index contributed by atoms with van der Waals surface area (Å²) in [5.74, 6) is 0.845. The maximum absolute atomic E-state index is 4.79. The van der Waals surface area contributed by atoms with Crippen molar-refractivity contribution in [1.29, 1.82) is 0 Å². The largest absolute Gasteiger partial charge is 0.490 e. The Hall–Kier alpha value is -0.980. The second kappa shape index (κ2) is 2.53. The lowest BCUT2D eigenvalue weighted by Crippen LogP contribution is -1.81. The van der Waals surface area contributed by atoms with E-state index in [0.717, 1.165) is 11.3 Å². The molecule has 1 rings (SSSR count). The van der Waals surface area contributed by atoms with Crippen molar-refractivity contribution >= 4 is 0 Å². The summed E-state index contributed by atoms with van der Waals surface area (Å²) in [6.45, 7) is 1.99. The van der Waals surface area contributed by atoms with E-state index < -0.39 is 0 Å². The van der Waals surface area contributed by atoms with Gasteiger partial charge in [0.1, 0.15) is 12.9 Å². The predicted octanol–water partition coefficient (Wildman–Crippen LogP) is 2.17. The van der Waals surface area contributed by atoms with Crippen molar-refractivity contribution in [2.45, 2.75) is 6.92 Å². The number of benzene rings is 1. The molecule has 0 aliphatic rings. The predicted molar refractivity (Wildman–Crippen MR) is 37.2 cm³/mol. The fourth-order valence-corrected chi connectivity index (χ4v) is 0.718. The second-order valence-electron chi connectivity index (χ2n) is 1.91. The summed E-state index contributed by atoms with van der Waals surface area (Å²) in [6.07, 6.45) is 0. The monoisotopic (exact) mass is 121 g/mol. The molecule has 47 valence electrons. The van der Waals surface area contributed by atoms with Crippen molar-refractivity contribution in [3.05, 3.63) is 36.9 Å². The van der Waals surface area contributed by atoms with Crippen molar-refractivity contribution in [2.24, 2.45) is 0 Å². The lowest BCUT2D eigenvalue weighted by molar-refractivity contribution is 0.469. The highest BCUT2D eigenvalue weighted by Crippen LogP contribution is 2.14. The van der Waals surface area contributed by atoms with E-state index in [9.17, 15) is 0 Å². The molecule has 0 aliphatic heterocycles. The van der Waals surface area contributed by atoms with E-state index in [2.05, 4.69) is 7.11 Å². The van der Waals surface area contributed by atoms with Gasteiger partial charge in [0, 0.05) is 0 Å². The van der Waals surface area contributed by atoms with Crippen LogP contribution < -0.4 is 4.74 Å². The normalized spacial score (nSPS) is 9.11. The number of rotatable bonds is 1. The van der Waals surface area contributed by atoms with Crippen LogP contribution in [-0.4, -0.2) is 0 Å². The summed E-state index contributed by atoms with van der Waals surface area (Å²) in [5, 5.41) is 0. The number of ether oxygens (including phenoxy) is 1. The molecule has 0 spiro atoms. The highest BCUT2D eigenvalue weighted by atomic mass is 16.5. The van der Waals surface area contributed by atoms with Crippen LogP contribution in [0.15, 0.2) is 24.3 Å². The molecule has 0 saturated carbocycles. The van der Waals surface area contributed by atoms with Gasteiger partial charge in [-0.3, -0.25) is 0 Å². The molecule has 0 aromatic heterocycles. The van der Waals surface area contributed by atoms with Gasteiger partial charge in [-0.15, -0.1) is 0 Å². The summed E-state index contributed by atoms with van der Waals surface area (Å²) in [7, 11) is 3.32. The van der Waals surface area contributed by atoms with Crippen LogP contribution in [0.5, 0.6) is 5.75 Å². The van der Waals surface area contributed by atoms with Crippen LogP contribution in [0, 0.1) is 14.0 Å². The molecule has 1 radical (unpaired) electrons. The molecule has 0 bridgehead atoms. The van der Waals surface area contributed by atoms with Crippen molar-refractivity contribution in [1.82, 2.24) is 0 Å². The van der Waals surface area contributed by atoms with E-state index in [0.29, 0.717) is 0 Å². The van der Waals surface area contributed by atoms with Crippen molar-refractivity contribution in [3.8, 4) is 5.75 Å². The highest BCUT2D eigenvalue weighted by molar-refractivity contribution is 5.31. The van der Waals surface area contributed by atoms with Gasteiger partial charge >= 0.3 is 0 Å². The standard InChI is InChI=1S/C8H9O/c1-7-5-3-4-6-8(7)9-2/h3-6H,2H2,1H3. The molecule has 0 atom stereocenters. The third kappa shape index (κ3) is 1.22. The van der Waals surface area contributed by atoms with Crippen molar-refractivity contribution < 1.29 is 4.74 Å². The number of hydrogen-bond donors (Lipinski definition) is 0. The minimum Gasteiger partial charge on any atom is -0.490 e. The molecule has 0 N–H and O–H groups in total. The smallest absolute Gasteiger partial charge is 0.122 e. The maximum Gasteiger partial charge on any atom is 0.122 e. The molecule has 0 amide bonds. The average Bonchev–Trinajstić information content (AvgIpc) is 1.89. The first-order valence-corrected chi connectivity index (χ1v) is 2.82. The lowest BCUT2D eigenvalue weighted by Gasteiger charge is -2.00. The third-order valence-corrected chi connectivity index (χ3v) is 1.25. The Morgan fingerprint density at radius 2 is 2.00 bits per heavy atom. The maximum atomic E-state index is 4.79. The Bertz CT molecular complexity index is 194. The zero-order valence-corrected chi connectivity index (χ0v) is 5.42. The van der Waals surface area contributed by atoms with Crippen LogP contribution in [-0.2, 0) is 0 Å². The van der Waals surface area contributed by atoms with Crippen LogP contribution in [0.25, 0.3) is 0 Å². The fraction of sp³-hybridized carbons (Fsp3) is 0.125. The molecule has 0 heterocycles. The van der Waals surface area contributed by atoms with Crippen molar-refractivity contribution in [2.75, 3.05) is 0 Å². The van der Waals surface area contributed by atoms with Crippen LogP contribution in [0.4, 0.5) is 0 Å². The molecule has 1 nitrogen and oxygen atoms in total. The summed E-state index contributed by atoms with van der Waals surface area (Å²) < 4.78 is 4.79. The Labute approximate surface area is 55.3 Å². The van der Waals surface area contributed by atoms with Gasteiger partial charge in [0.2, 0.25) is 0 Å². The molecule has 1 aromatic carbocycles. The first-order chi connectivity index (χ1) is 4.34. The van der Waals surface area contributed by atoms with E-state index in [1.165, 1.54) is 0 Å². The molecule has 1 aromatic rings. The van der Waals surface area contributed by atoms with Gasteiger partial charge in [0.25, 0.3) is 0 Å². The van der Waals surface area contributed by atoms with Gasteiger partial charge < -0.3 is 4.74 Å². The van der Waals surface area contributed by atoms with E-state index >= 15 is 0 Å². The molecule has 1 heteroatoms. The lowest BCUT2D eigenvalue weighted by atomic mass is 10.2. The molecule has 0 unspecified atom stereocenters. The second-order valence-corrected chi connectivity index (χ2v) is 1.91. The minimum atomic E-state index is 0.845. The van der Waals surface area contributed by atoms with E-state index in [4.69, 9.17) is 4.74 Å². The first-order valence-electron chi connectivity index (χ1n) is 2.82. The third-order valence-electron chi connectivity index (χ3n) is 1.25. The van der Waals surface area contributed by atoms with Crippen LogP contribution in [0.1, 0.15) is 5.56 Å². The Kier molecular flexibility index (Phi) is 1.73. The number of para-hydroxylation sites is 1. The summed E-state index contributed by atoms with van der Waals surface area (Å²) in [6, 6.07) is 7.77. The zero-order chi connectivity index (χ0) is 6.69. The Morgan fingerprint density at radius 1 is 1.33 bits per heavy atom. The molecule has 0 fully saturated rings. The Balaban J connectivity index is 3.01. The fourth-order valence-electron chi connectivity index (χ4n) is 0.718. The Morgan fingerprint density at radius 3 is 2.44 bits per heavy atom. The zero-order valence-electron chi connectivity index (χ0n) is 5.42. The first kappa shape index (κ1) is 6.14. The average molecular weight is 121 g/mol. The quantitative estimate of drug-likeness (QED) is 0.553. The SMILES string of the molecule is [CH2]Oc1ccccc1C. The van der Waals surface area contributed by atoms with Crippen LogP contribution >= 0.6 is 0 Å². The van der Waals surface area contributed by atoms with Crippen LogP contribution in [0.3, 0.4) is 0 Å². The summed E-state index contributed by atoms with van der Waals surface area (Å²) >= 11 is 0. The molecular weight excluding hydrogens is 112 g/mol. The van der Waals surface area contributed by atoms with Gasteiger partial charge in [0.05, 0.1) is 0 Å². The van der Waals surface area contributed by atoms with Gasteiger partial charge in [-0.2, -0.15) is 0 Å². The number of hydrogen-bond acceptors (Lipinski definition) is 1. The topological polar surface area (TPSA) is 9.23 Å². The molecular formula is C8H9O. The van der Waals surface area contributed by atoms with Gasteiger partial charge in [-0.05, 0) is 18.6 Å². The van der Waals surface area contributed by atoms with Crippen LogP contribution in [0.2, 0.25) is 0 Å².